The molecule has 2 rings (SSSR count). The lowest BCUT2D eigenvalue weighted by Gasteiger charge is -2.17. The van der Waals surface area contributed by atoms with Crippen LogP contribution in [0, 0.1) is 0 Å². The molecule has 106 valence electrons. The predicted octanol–water partition coefficient (Wildman–Crippen LogP) is 1.03. The zero-order valence-corrected chi connectivity index (χ0v) is 11.3. The van der Waals surface area contributed by atoms with Crippen LogP contribution in [0.15, 0.2) is 21.9 Å². The summed E-state index contributed by atoms with van der Waals surface area (Å²) >= 11 is 0. The summed E-state index contributed by atoms with van der Waals surface area (Å²) in [5.74, 6) is 0. The Balaban J connectivity index is 1.94. The van der Waals surface area contributed by atoms with E-state index in [1.165, 1.54) is 16.8 Å². The number of H-pyrrole nitrogens is 1. The minimum atomic E-state index is -0.430. The lowest BCUT2D eigenvalue weighted by atomic mass is 10.2. The van der Waals surface area contributed by atoms with Gasteiger partial charge in [0.15, 0.2) is 0 Å². The molecule has 6 nitrogen and oxygen atoms in total. The van der Waals surface area contributed by atoms with Crippen molar-refractivity contribution in [2.75, 3.05) is 6.61 Å². The molecule has 0 saturated carbocycles. The summed E-state index contributed by atoms with van der Waals surface area (Å²) < 4.78 is 12.8. The van der Waals surface area contributed by atoms with Gasteiger partial charge < -0.3 is 9.47 Å². The summed E-state index contributed by atoms with van der Waals surface area (Å²) in [6, 6.07) is 1.33. The van der Waals surface area contributed by atoms with Gasteiger partial charge in [-0.25, -0.2) is 4.79 Å². The van der Waals surface area contributed by atoms with Gasteiger partial charge in [-0.15, -0.1) is 0 Å². The maximum Gasteiger partial charge on any atom is 0.330 e. The number of hydrogen-bond donors (Lipinski definition) is 1. The van der Waals surface area contributed by atoms with Crippen LogP contribution < -0.4 is 11.2 Å². The fraction of sp³-hybridized carbons (Fsp3) is 0.692. The van der Waals surface area contributed by atoms with Crippen molar-refractivity contribution in [1.29, 1.82) is 0 Å². The van der Waals surface area contributed by atoms with Crippen LogP contribution in [0.5, 0.6) is 0 Å². The summed E-state index contributed by atoms with van der Waals surface area (Å²) in [7, 11) is 0. The fourth-order valence-corrected chi connectivity index (χ4v) is 2.06. The summed E-state index contributed by atoms with van der Waals surface area (Å²) in [5, 5.41) is 0. The monoisotopic (exact) mass is 268 g/mol. The molecule has 3 atom stereocenters. The number of nitrogens with one attached hydrogen (secondary N) is 1. The zero-order chi connectivity index (χ0) is 13.8. The highest BCUT2D eigenvalue weighted by molar-refractivity contribution is 4.86. The number of rotatable bonds is 5. The molecule has 0 aromatic carbocycles. The van der Waals surface area contributed by atoms with E-state index in [4.69, 9.17) is 9.47 Å². The second kappa shape index (κ2) is 6.16. The Kier molecular flexibility index (Phi) is 4.55. The molecule has 19 heavy (non-hydrogen) atoms. The van der Waals surface area contributed by atoms with Gasteiger partial charge in [-0.1, -0.05) is 6.92 Å². The largest absolute Gasteiger partial charge is 0.376 e. The van der Waals surface area contributed by atoms with E-state index in [9.17, 15) is 9.59 Å². The van der Waals surface area contributed by atoms with E-state index >= 15 is 0 Å². The molecular formula is C13H20N2O4. The minimum Gasteiger partial charge on any atom is -0.376 e. The number of nitrogens with zero attached hydrogens (tertiary/aromatic N) is 1. The van der Waals surface area contributed by atoms with Crippen LogP contribution in [-0.4, -0.2) is 28.4 Å². The normalized spacial score (nSPS) is 24.5. The predicted molar refractivity (Wildman–Crippen MR) is 70.2 cm³/mol. The van der Waals surface area contributed by atoms with Crippen molar-refractivity contribution >= 4 is 0 Å². The van der Waals surface area contributed by atoms with Crippen molar-refractivity contribution < 1.29 is 9.47 Å². The highest BCUT2D eigenvalue weighted by Crippen LogP contribution is 2.27. The van der Waals surface area contributed by atoms with Crippen LogP contribution in [0.25, 0.3) is 0 Å². The summed E-state index contributed by atoms with van der Waals surface area (Å²) in [4.78, 5) is 24.9. The SMILES string of the molecule is CCC(C)OC[C@@H]1CC[C@H](n2ccc(=O)[nH]c2=O)O1. The molecule has 2 heterocycles. The van der Waals surface area contributed by atoms with E-state index in [1.807, 2.05) is 6.92 Å². The van der Waals surface area contributed by atoms with Crippen molar-refractivity contribution in [3.63, 3.8) is 0 Å². The standard InChI is InChI=1S/C13H20N2O4/c1-3-9(2)18-8-10-4-5-12(19-10)15-7-6-11(16)14-13(15)17/h6-7,9-10,12H,3-5,8H2,1-2H3,(H,14,16,17)/t9?,10-,12+/m0/s1. The van der Waals surface area contributed by atoms with E-state index in [2.05, 4.69) is 11.9 Å². The van der Waals surface area contributed by atoms with E-state index in [0.717, 1.165) is 19.3 Å². The topological polar surface area (TPSA) is 73.3 Å². The Morgan fingerprint density at radius 3 is 3.00 bits per heavy atom. The second-order valence-electron chi connectivity index (χ2n) is 4.86. The van der Waals surface area contributed by atoms with E-state index < -0.39 is 11.2 Å². The van der Waals surface area contributed by atoms with Gasteiger partial charge in [0, 0.05) is 12.3 Å². The van der Waals surface area contributed by atoms with Gasteiger partial charge in [-0.3, -0.25) is 14.3 Å². The first kappa shape index (κ1) is 14.0. The molecule has 1 fully saturated rings. The van der Waals surface area contributed by atoms with Gasteiger partial charge in [0.1, 0.15) is 6.23 Å². The fourth-order valence-electron chi connectivity index (χ4n) is 2.06. The molecule has 1 saturated heterocycles. The van der Waals surface area contributed by atoms with Gasteiger partial charge in [-0.2, -0.15) is 0 Å². The minimum absolute atomic E-state index is 0.0119. The van der Waals surface area contributed by atoms with E-state index in [-0.39, 0.29) is 18.4 Å². The maximum absolute atomic E-state index is 11.6. The van der Waals surface area contributed by atoms with Crippen molar-refractivity contribution in [2.45, 2.75) is 51.5 Å². The maximum atomic E-state index is 11.6. The van der Waals surface area contributed by atoms with Crippen LogP contribution >= 0.6 is 0 Å². The lowest BCUT2D eigenvalue weighted by Crippen LogP contribution is -2.32. The molecule has 1 aromatic rings. The third kappa shape index (κ3) is 3.54. The van der Waals surface area contributed by atoms with Gasteiger partial charge in [0.25, 0.3) is 5.56 Å². The molecule has 1 aromatic heterocycles. The first-order valence-electron chi connectivity index (χ1n) is 6.68. The van der Waals surface area contributed by atoms with Gasteiger partial charge in [-0.05, 0) is 26.2 Å². The molecule has 1 unspecified atom stereocenters. The molecule has 0 aliphatic carbocycles. The molecule has 1 aliphatic rings. The zero-order valence-electron chi connectivity index (χ0n) is 11.3. The van der Waals surface area contributed by atoms with Crippen LogP contribution in [0.3, 0.4) is 0 Å². The van der Waals surface area contributed by atoms with Crippen molar-refractivity contribution in [3.05, 3.63) is 33.1 Å². The summed E-state index contributed by atoms with van der Waals surface area (Å²) in [6.45, 7) is 4.64. The van der Waals surface area contributed by atoms with Gasteiger partial charge in [0.05, 0.1) is 18.8 Å². The third-order valence-corrected chi connectivity index (χ3v) is 3.39. The van der Waals surface area contributed by atoms with Crippen molar-refractivity contribution in [3.8, 4) is 0 Å². The highest BCUT2D eigenvalue weighted by Gasteiger charge is 2.27. The Morgan fingerprint density at radius 2 is 2.32 bits per heavy atom. The van der Waals surface area contributed by atoms with Crippen molar-refractivity contribution in [2.24, 2.45) is 0 Å². The van der Waals surface area contributed by atoms with Crippen LogP contribution in [0.4, 0.5) is 0 Å². The number of aromatic amines is 1. The first-order valence-corrected chi connectivity index (χ1v) is 6.68. The summed E-state index contributed by atoms with van der Waals surface area (Å²) in [5.41, 5.74) is -0.822. The van der Waals surface area contributed by atoms with Gasteiger partial charge >= 0.3 is 5.69 Å². The summed E-state index contributed by atoms with van der Waals surface area (Å²) in [6.07, 6.45) is 3.97. The molecule has 6 heteroatoms. The highest BCUT2D eigenvalue weighted by atomic mass is 16.6. The molecular weight excluding hydrogens is 248 g/mol. The number of aromatic nitrogens is 2. The second-order valence-corrected chi connectivity index (χ2v) is 4.86. The van der Waals surface area contributed by atoms with Crippen LogP contribution in [0.2, 0.25) is 0 Å². The Labute approximate surface area is 111 Å². The van der Waals surface area contributed by atoms with E-state index in [0.29, 0.717) is 6.61 Å². The molecule has 0 radical (unpaired) electrons. The molecule has 0 bridgehead atoms. The van der Waals surface area contributed by atoms with Gasteiger partial charge in [0.2, 0.25) is 0 Å². The Hall–Kier alpha value is -1.40. The van der Waals surface area contributed by atoms with Crippen molar-refractivity contribution in [1.82, 2.24) is 9.55 Å². The Bertz CT molecular complexity index is 522. The lowest BCUT2D eigenvalue weighted by molar-refractivity contribution is -0.0588. The number of hydrogen-bond acceptors (Lipinski definition) is 4. The quantitative estimate of drug-likeness (QED) is 0.865. The first-order chi connectivity index (χ1) is 9.10. The smallest absolute Gasteiger partial charge is 0.330 e. The van der Waals surface area contributed by atoms with Crippen LogP contribution in [0.1, 0.15) is 39.3 Å². The molecule has 1 aliphatic heterocycles. The van der Waals surface area contributed by atoms with E-state index in [1.54, 1.807) is 0 Å². The average molecular weight is 268 g/mol. The number of ether oxygens (including phenoxy) is 2. The Morgan fingerprint density at radius 1 is 1.53 bits per heavy atom. The third-order valence-electron chi connectivity index (χ3n) is 3.39. The molecule has 1 N–H and O–H groups in total. The molecule has 0 spiro atoms. The van der Waals surface area contributed by atoms with Crippen LogP contribution in [-0.2, 0) is 9.47 Å². The average Bonchev–Trinajstić information content (AvgIpc) is 2.84. The molecule has 0 amide bonds.